The van der Waals surface area contributed by atoms with Crippen LogP contribution in [0, 0.1) is 5.82 Å². The SMILES string of the molecule is NC(=O)c1ccc(Cl)c(NC(=O)c2ccc(Br)c(F)c2)c1. The molecule has 0 saturated heterocycles. The lowest BCUT2D eigenvalue weighted by Crippen LogP contribution is -2.15. The zero-order valence-corrected chi connectivity index (χ0v) is 12.8. The summed E-state index contributed by atoms with van der Waals surface area (Å²) in [7, 11) is 0. The number of rotatable bonds is 3. The van der Waals surface area contributed by atoms with E-state index in [-0.39, 0.29) is 26.3 Å². The normalized spacial score (nSPS) is 10.2. The molecule has 21 heavy (non-hydrogen) atoms. The van der Waals surface area contributed by atoms with Crippen LogP contribution >= 0.6 is 27.5 Å². The van der Waals surface area contributed by atoms with Gasteiger partial charge < -0.3 is 11.1 Å². The van der Waals surface area contributed by atoms with Gasteiger partial charge >= 0.3 is 0 Å². The highest BCUT2D eigenvalue weighted by molar-refractivity contribution is 9.10. The van der Waals surface area contributed by atoms with Gasteiger partial charge in [0.1, 0.15) is 5.82 Å². The first-order valence-corrected chi connectivity index (χ1v) is 6.91. The van der Waals surface area contributed by atoms with Crippen molar-refractivity contribution in [2.24, 2.45) is 5.73 Å². The van der Waals surface area contributed by atoms with Crippen molar-refractivity contribution in [3.8, 4) is 0 Å². The van der Waals surface area contributed by atoms with E-state index in [4.69, 9.17) is 17.3 Å². The summed E-state index contributed by atoms with van der Waals surface area (Å²) in [4.78, 5) is 23.2. The highest BCUT2D eigenvalue weighted by Gasteiger charge is 2.12. The van der Waals surface area contributed by atoms with Gasteiger partial charge in [-0.25, -0.2) is 4.39 Å². The Kier molecular flexibility index (Phi) is 4.59. The van der Waals surface area contributed by atoms with Crippen molar-refractivity contribution in [1.29, 1.82) is 0 Å². The van der Waals surface area contributed by atoms with E-state index in [9.17, 15) is 14.0 Å². The molecule has 0 atom stereocenters. The van der Waals surface area contributed by atoms with Crippen LogP contribution in [-0.4, -0.2) is 11.8 Å². The third-order valence-corrected chi connectivity index (χ3v) is 3.65. The average Bonchev–Trinajstić information content (AvgIpc) is 2.43. The monoisotopic (exact) mass is 370 g/mol. The first-order valence-electron chi connectivity index (χ1n) is 5.74. The number of hydrogen-bond donors (Lipinski definition) is 2. The number of benzene rings is 2. The Bertz CT molecular complexity index is 737. The maximum atomic E-state index is 13.4. The molecular weight excluding hydrogens is 363 g/mol. The zero-order valence-electron chi connectivity index (χ0n) is 10.5. The topological polar surface area (TPSA) is 72.2 Å². The smallest absolute Gasteiger partial charge is 0.255 e. The number of nitrogens with two attached hydrogens (primary N) is 1. The Morgan fingerprint density at radius 2 is 1.81 bits per heavy atom. The van der Waals surface area contributed by atoms with Gasteiger partial charge in [-0.15, -0.1) is 0 Å². The second kappa shape index (κ2) is 6.24. The third-order valence-electron chi connectivity index (χ3n) is 2.68. The summed E-state index contributed by atoms with van der Waals surface area (Å²) in [6.45, 7) is 0. The van der Waals surface area contributed by atoms with E-state index >= 15 is 0 Å². The van der Waals surface area contributed by atoms with Gasteiger partial charge in [-0.3, -0.25) is 9.59 Å². The minimum Gasteiger partial charge on any atom is -0.366 e. The first-order chi connectivity index (χ1) is 9.88. The van der Waals surface area contributed by atoms with E-state index < -0.39 is 17.6 Å². The molecule has 3 N–H and O–H groups in total. The standard InChI is InChI=1S/C14H9BrClFN2O2/c15-9-3-1-8(5-11(9)17)14(21)19-12-6-7(13(18)20)2-4-10(12)16/h1-6H,(H2,18,20)(H,19,21). The number of halogens is 3. The molecule has 0 unspecified atom stereocenters. The summed E-state index contributed by atoms with van der Waals surface area (Å²) < 4.78 is 13.7. The van der Waals surface area contributed by atoms with Crippen LogP contribution in [0.4, 0.5) is 10.1 Å². The minimum atomic E-state index is -0.642. The Morgan fingerprint density at radius 3 is 2.43 bits per heavy atom. The van der Waals surface area contributed by atoms with Crippen molar-refractivity contribution in [3.63, 3.8) is 0 Å². The second-order valence-corrected chi connectivity index (χ2v) is 5.40. The van der Waals surface area contributed by atoms with E-state index in [1.807, 2.05) is 0 Å². The summed E-state index contributed by atoms with van der Waals surface area (Å²) >= 11 is 8.94. The predicted octanol–water partition coefficient (Wildman–Crippen LogP) is 3.59. The second-order valence-electron chi connectivity index (χ2n) is 4.14. The molecule has 108 valence electrons. The molecule has 0 saturated carbocycles. The van der Waals surface area contributed by atoms with Crippen LogP contribution in [0.1, 0.15) is 20.7 Å². The fourth-order valence-corrected chi connectivity index (χ4v) is 2.02. The minimum absolute atomic E-state index is 0.122. The van der Waals surface area contributed by atoms with Crippen LogP contribution in [-0.2, 0) is 0 Å². The Balaban J connectivity index is 2.28. The molecule has 0 aliphatic rings. The lowest BCUT2D eigenvalue weighted by atomic mass is 10.1. The van der Waals surface area contributed by atoms with Crippen LogP contribution in [0.5, 0.6) is 0 Å². The molecule has 0 aliphatic carbocycles. The van der Waals surface area contributed by atoms with Gasteiger partial charge in [0.25, 0.3) is 5.91 Å². The molecule has 2 amide bonds. The van der Waals surface area contributed by atoms with Crippen molar-refractivity contribution in [2.75, 3.05) is 5.32 Å². The first kappa shape index (κ1) is 15.5. The van der Waals surface area contributed by atoms with E-state index in [1.165, 1.54) is 30.3 Å². The quantitative estimate of drug-likeness (QED) is 0.865. The number of nitrogens with one attached hydrogen (secondary N) is 1. The van der Waals surface area contributed by atoms with Gasteiger partial charge in [-0.2, -0.15) is 0 Å². The number of amides is 2. The molecule has 2 aromatic rings. The van der Waals surface area contributed by atoms with Gasteiger partial charge in [0, 0.05) is 11.1 Å². The zero-order chi connectivity index (χ0) is 15.6. The average molecular weight is 372 g/mol. The van der Waals surface area contributed by atoms with Crippen molar-refractivity contribution in [1.82, 2.24) is 0 Å². The number of primary amides is 1. The molecule has 2 aromatic carbocycles. The molecule has 7 heteroatoms. The van der Waals surface area contributed by atoms with Crippen molar-refractivity contribution >= 4 is 45.0 Å². The van der Waals surface area contributed by atoms with E-state index in [0.717, 1.165) is 6.07 Å². The van der Waals surface area contributed by atoms with Crippen molar-refractivity contribution in [2.45, 2.75) is 0 Å². The van der Waals surface area contributed by atoms with Crippen LogP contribution in [0.2, 0.25) is 5.02 Å². The van der Waals surface area contributed by atoms with E-state index in [0.29, 0.717) is 0 Å². The Labute approximate surface area is 133 Å². The maximum Gasteiger partial charge on any atom is 0.255 e. The van der Waals surface area contributed by atoms with Crippen LogP contribution < -0.4 is 11.1 Å². The molecule has 0 heterocycles. The maximum absolute atomic E-state index is 13.4. The molecule has 0 aromatic heterocycles. The summed E-state index contributed by atoms with van der Waals surface area (Å²) in [6, 6.07) is 8.21. The lowest BCUT2D eigenvalue weighted by Gasteiger charge is -2.09. The van der Waals surface area contributed by atoms with Gasteiger partial charge in [0.2, 0.25) is 5.91 Å². The number of carbonyl (C=O) groups excluding carboxylic acids is 2. The van der Waals surface area contributed by atoms with Gasteiger partial charge in [-0.1, -0.05) is 11.6 Å². The van der Waals surface area contributed by atoms with Crippen LogP contribution in [0.25, 0.3) is 0 Å². The number of carbonyl (C=O) groups is 2. The molecule has 0 spiro atoms. The third kappa shape index (κ3) is 3.59. The summed E-state index contributed by atoms with van der Waals surface area (Å²) in [5, 5.41) is 2.75. The number of anilines is 1. The van der Waals surface area contributed by atoms with E-state index in [2.05, 4.69) is 21.2 Å². The fourth-order valence-electron chi connectivity index (χ4n) is 1.61. The summed E-state index contributed by atoms with van der Waals surface area (Å²) in [6.07, 6.45) is 0. The summed E-state index contributed by atoms with van der Waals surface area (Å²) in [5.41, 5.74) is 5.71. The Morgan fingerprint density at radius 1 is 1.14 bits per heavy atom. The van der Waals surface area contributed by atoms with Gasteiger partial charge in [-0.05, 0) is 52.3 Å². The van der Waals surface area contributed by atoms with Crippen molar-refractivity contribution < 1.29 is 14.0 Å². The van der Waals surface area contributed by atoms with Crippen LogP contribution in [0.3, 0.4) is 0 Å². The molecular formula is C14H9BrClFN2O2. The molecule has 0 fully saturated rings. The summed E-state index contributed by atoms with van der Waals surface area (Å²) in [5.74, 6) is -1.75. The van der Waals surface area contributed by atoms with E-state index in [1.54, 1.807) is 0 Å². The molecule has 4 nitrogen and oxygen atoms in total. The molecule has 2 rings (SSSR count). The predicted molar refractivity (Wildman–Crippen MR) is 82.0 cm³/mol. The molecule has 0 bridgehead atoms. The largest absolute Gasteiger partial charge is 0.366 e. The highest BCUT2D eigenvalue weighted by atomic mass is 79.9. The van der Waals surface area contributed by atoms with Crippen LogP contribution in [0.15, 0.2) is 40.9 Å². The van der Waals surface area contributed by atoms with Crippen molar-refractivity contribution in [3.05, 3.63) is 62.8 Å². The van der Waals surface area contributed by atoms with Gasteiger partial charge in [0.15, 0.2) is 0 Å². The Hall–Kier alpha value is -1.92. The number of hydrogen-bond acceptors (Lipinski definition) is 2. The molecule has 0 radical (unpaired) electrons. The fraction of sp³-hybridized carbons (Fsp3) is 0. The lowest BCUT2D eigenvalue weighted by molar-refractivity contribution is 0.0996. The van der Waals surface area contributed by atoms with Gasteiger partial charge in [0.05, 0.1) is 15.2 Å². The highest BCUT2D eigenvalue weighted by Crippen LogP contribution is 2.24. The molecule has 0 aliphatic heterocycles.